The third-order valence-electron chi connectivity index (χ3n) is 4.01. The molecule has 7 nitrogen and oxygen atoms in total. The van der Waals surface area contributed by atoms with Gasteiger partial charge < -0.3 is 11.5 Å². The molecule has 0 saturated carbocycles. The molecule has 2 aromatic carbocycles. The summed E-state index contributed by atoms with van der Waals surface area (Å²) in [6.07, 6.45) is 2.12. The lowest BCUT2D eigenvalue weighted by molar-refractivity contribution is 0.473. The van der Waals surface area contributed by atoms with Crippen LogP contribution in [0.1, 0.15) is 12.0 Å². The first-order valence-electron chi connectivity index (χ1n) is 8.44. The van der Waals surface area contributed by atoms with Gasteiger partial charge in [0, 0.05) is 11.3 Å². The maximum Gasteiger partial charge on any atom is 0.238 e. The third-order valence-corrected chi connectivity index (χ3v) is 4.94. The van der Waals surface area contributed by atoms with Crippen LogP contribution >= 0.6 is 0 Å². The smallest absolute Gasteiger partial charge is 0.238 e. The van der Waals surface area contributed by atoms with Gasteiger partial charge in [-0.15, -0.1) is 0 Å². The minimum atomic E-state index is -3.78. The zero-order chi connectivity index (χ0) is 20.1. The lowest BCUT2D eigenvalue weighted by atomic mass is 10.1. The lowest BCUT2D eigenvalue weighted by Crippen LogP contribution is -2.11. The average molecular weight is 421 g/mol. The Morgan fingerprint density at radius 2 is 1.69 bits per heavy atom. The predicted molar refractivity (Wildman–Crippen MR) is 108 cm³/mol. The number of rotatable bonds is 7. The second kappa shape index (κ2) is 9.50. The molecule has 0 aliphatic rings. The molecule has 6 N–H and O–H groups in total. The lowest BCUT2D eigenvalue weighted by Gasteiger charge is -2.09. The number of anilines is 2. The van der Waals surface area contributed by atoms with Gasteiger partial charge in [-0.1, -0.05) is 24.3 Å². The molecule has 29 heavy (non-hydrogen) atoms. The Hall–Kier alpha value is -2.95. The van der Waals surface area contributed by atoms with Crippen LogP contribution in [0, 0.1) is 5.82 Å². The van der Waals surface area contributed by atoms with Crippen molar-refractivity contribution in [2.75, 3.05) is 12.0 Å². The van der Waals surface area contributed by atoms with Gasteiger partial charge in [0.15, 0.2) is 5.82 Å². The van der Waals surface area contributed by atoms with E-state index in [9.17, 15) is 17.2 Å². The van der Waals surface area contributed by atoms with Crippen LogP contribution in [0.15, 0.2) is 59.6 Å². The second-order valence-electron chi connectivity index (χ2n) is 6.07. The molecule has 1 heterocycles. The molecule has 3 rings (SSSR count). The number of benzene rings is 2. The summed E-state index contributed by atoms with van der Waals surface area (Å²) in [7, 11) is -3.78. The van der Waals surface area contributed by atoms with Gasteiger partial charge in [-0.3, -0.25) is 4.39 Å². The van der Waals surface area contributed by atoms with Crippen molar-refractivity contribution in [3.63, 3.8) is 0 Å². The van der Waals surface area contributed by atoms with E-state index < -0.39 is 15.8 Å². The molecule has 0 bridgehead atoms. The molecule has 3 aromatic rings. The molecule has 0 radical (unpaired) electrons. The Morgan fingerprint density at radius 1 is 1.03 bits per heavy atom. The van der Waals surface area contributed by atoms with Crippen LogP contribution < -0.4 is 16.6 Å². The van der Waals surface area contributed by atoms with E-state index in [0.29, 0.717) is 24.1 Å². The first-order valence-corrected chi connectivity index (χ1v) is 9.99. The highest BCUT2D eigenvalue weighted by Gasteiger charge is 2.11. The van der Waals surface area contributed by atoms with Gasteiger partial charge in [0.05, 0.1) is 17.8 Å². The van der Waals surface area contributed by atoms with Crippen LogP contribution in [0.5, 0.6) is 0 Å². The largest absolute Gasteiger partial charge is 0.344 e. The highest BCUT2D eigenvalue weighted by molar-refractivity contribution is 7.89. The van der Waals surface area contributed by atoms with Crippen LogP contribution in [-0.2, 0) is 16.4 Å². The number of nitrogens with zero attached hydrogens (tertiary/aromatic N) is 2. The fourth-order valence-electron chi connectivity index (χ4n) is 2.59. The maximum absolute atomic E-state index is 14.2. The molecule has 0 aliphatic heterocycles. The van der Waals surface area contributed by atoms with Gasteiger partial charge in [0.25, 0.3) is 0 Å². The number of hydrogen-bond donors (Lipinski definition) is 3. The average Bonchev–Trinajstić information content (AvgIpc) is 2.68. The maximum atomic E-state index is 14.2. The van der Waals surface area contributed by atoms with Crippen molar-refractivity contribution in [3.8, 4) is 11.3 Å². The summed E-state index contributed by atoms with van der Waals surface area (Å²) in [5.74, 6) is -0.423. The van der Waals surface area contributed by atoms with E-state index in [1.807, 2.05) is 12.1 Å². The molecular formula is C19H21F2N5O2S. The summed E-state index contributed by atoms with van der Waals surface area (Å²) in [4.78, 5) is 8.09. The number of sulfonamides is 1. The third kappa shape index (κ3) is 5.76. The number of halogens is 2. The number of aryl methyl sites for hydroxylation is 1. The van der Waals surface area contributed by atoms with E-state index in [-0.39, 0.29) is 29.4 Å². The molecule has 0 fully saturated rings. The van der Waals surface area contributed by atoms with Crippen molar-refractivity contribution in [1.82, 2.24) is 16.1 Å². The fourth-order valence-corrected chi connectivity index (χ4v) is 3.10. The molecule has 0 spiro atoms. The SMILES string of the molecule is N.NS(=O)(=O)c1ccc(Nc2ncc(F)c(-c3ccc(CCCF)cc3)n2)cc1. The fraction of sp³-hybridized carbons (Fsp3) is 0.158. The summed E-state index contributed by atoms with van der Waals surface area (Å²) >= 11 is 0. The molecule has 0 atom stereocenters. The van der Waals surface area contributed by atoms with Crippen LogP contribution in [-0.4, -0.2) is 25.1 Å². The van der Waals surface area contributed by atoms with Gasteiger partial charge in [-0.05, 0) is 42.7 Å². The summed E-state index contributed by atoms with van der Waals surface area (Å²) in [5, 5.41) is 7.96. The Balaban J connectivity index is 0.00000300. The van der Waals surface area contributed by atoms with E-state index in [1.54, 1.807) is 12.1 Å². The summed E-state index contributed by atoms with van der Waals surface area (Å²) in [6.45, 7) is -0.379. The predicted octanol–water partition coefficient (Wildman–Crippen LogP) is 3.74. The van der Waals surface area contributed by atoms with Gasteiger partial charge in [0.1, 0.15) is 5.69 Å². The van der Waals surface area contributed by atoms with Gasteiger partial charge >= 0.3 is 0 Å². The minimum Gasteiger partial charge on any atom is -0.344 e. The highest BCUT2D eigenvalue weighted by atomic mass is 32.2. The zero-order valence-corrected chi connectivity index (χ0v) is 16.3. The van der Waals surface area contributed by atoms with E-state index in [2.05, 4.69) is 15.3 Å². The van der Waals surface area contributed by atoms with E-state index in [4.69, 9.17) is 5.14 Å². The van der Waals surface area contributed by atoms with Gasteiger partial charge in [-0.2, -0.15) is 0 Å². The summed E-state index contributed by atoms with van der Waals surface area (Å²) < 4.78 is 49.1. The molecule has 0 aliphatic carbocycles. The Morgan fingerprint density at radius 3 is 2.28 bits per heavy atom. The summed E-state index contributed by atoms with van der Waals surface area (Å²) in [5.41, 5.74) is 2.17. The van der Waals surface area contributed by atoms with E-state index >= 15 is 0 Å². The minimum absolute atomic E-state index is 0. The first kappa shape index (κ1) is 22.3. The van der Waals surface area contributed by atoms with E-state index in [0.717, 1.165) is 11.8 Å². The Labute approximate surface area is 167 Å². The topological polar surface area (TPSA) is 133 Å². The second-order valence-corrected chi connectivity index (χ2v) is 7.64. The van der Waals surface area contributed by atoms with Crippen molar-refractivity contribution in [3.05, 3.63) is 66.1 Å². The van der Waals surface area contributed by atoms with Crippen molar-refractivity contribution in [1.29, 1.82) is 0 Å². The quantitative estimate of drug-likeness (QED) is 0.532. The molecular weight excluding hydrogens is 400 g/mol. The molecule has 154 valence electrons. The Bertz CT molecular complexity index is 1060. The van der Waals surface area contributed by atoms with Crippen LogP contribution in [0.2, 0.25) is 0 Å². The number of primary sulfonamides is 1. The van der Waals surface area contributed by atoms with Crippen molar-refractivity contribution in [2.45, 2.75) is 17.7 Å². The molecule has 0 unspecified atom stereocenters. The molecule has 10 heteroatoms. The number of aromatic nitrogens is 2. The zero-order valence-electron chi connectivity index (χ0n) is 15.5. The number of nitrogens with one attached hydrogen (secondary N) is 1. The monoisotopic (exact) mass is 421 g/mol. The molecule has 0 amide bonds. The van der Waals surface area contributed by atoms with Crippen LogP contribution in [0.25, 0.3) is 11.3 Å². The van der Waals surface area contributed by atoms with Crippen molar-refractivity contribution < 1.29 is 17.2 Å². The molecule has 1 aromatic heterocycles. The Kier molecular flexibility index (Phi) is 7.32. The van der Waals surface area contributed by atoms with Crippen LogP contribution in [0.3, 0.4) is 0 Å². The normalized spacial score (nSPS) is 11.0. The summed E-state index contributed by atoms with van der Waals surface area (Å²) in [6, 6.07) is 12.8. The van der Waals surface area contributed by atoms with Crippen LogP contribution in [0.4, 0.5) is 20.4 Å². The van der Waals surface area contributed by atoms with Crippen molar-refractivity contribution >= 4 is 21.7 Å². The van der Waals surface area contributed by atoms with Gasteiger partial charge in [0.2, 0.25) is 16.0 Å². The first-order chi connectivity index (χ1) is 13.4. The standard InChI is InChI=1S/C19H18F2N4O2S.H3N/c20-11-1-2-13-3-5-14(6-4-13)18-17(21)12-23-19(25-18)24-15-7-9-16(10-8-15)28(22,26)27;/h3-10,12H,1-2,11H2,(H2,22,26,27)(H,23,24,25);1H3. The number of nitrogens with two attached hydrogens (primary N) is 1. The van der Waals surface area contributed by atoms with Crippen molar-refractivity contribution in [2.24, 2.45) is 5.14 Å². The number of alkyl halides is 1. The number of hydrogen-bond acceptors (Lipinski definition) is 6. The van der Waals surface area contributed by atoms with Gasteiger partial charge in [-0.25, -0.2) is 27.9 Å². The highest BCUT2D eigenvalue weighted by Crippen LogP contribution is 2.23. The molecule has 0 saturated heterocycles. The van der Waals surface area contributed by atoms with E-state index in [1.165, 1.54) is 24.3 Å².